The van der Waals surface area contributed by atoms with Gasteiger partial charge in [-0.15, -0.1) is 0 Å². The highest BCUT2D eigenvalue weighted by Crippen LogP contribution is 2.56. The van der Waals surface area contributed by atoms with Gasteiger partial charge in [-0.1, -0.05) is 12.1 Å². The fraction of sp³-hybridized carbons (Fsp3) is 0.250. The van der Waals surface area contributed by atoms with Crippen molar-refractivity contribution in [1.29, 1.82) is 0 Å². The maximum Gasteiger partial charge on any atom is 0.277 e. The third-order valence-corrected chi connectivity index (χ3v) is 7.10. The number of nitrogens with zero attached hydrogens (tertiary/aromatic N) is 3. The van der Waals surface area contributed by atoms with E-state index in [1.165, 1.54) is 46.1 Å². The second-order valence-electron chi connectivity index (χ2n) is 8.74. The lowest BCUT2D eigenvalue weighted by Gasteiger charge is -2.50. The quantitative estimate of drug-likeness (QED) is 0.638. The number of amides is 1. The molecule has 0 spiro atoms. The smallest absolute Gasteiger partial charge is 0.277 e. The summed E-state index contributed by atoms with van der Waals surface area (Å²) in [7, 11) is 1.60. The summed E-state index contributed by atoms with van der Waals surface area (Å²) >= 11 is 0. The maximum absolute atomic E-state index is 14.1. The molecule has 0 saturated heterocycles. The van der Waals surface area contributed by atoms with Crippen LogP contribution in [0.2, 0.25) is 0 Å². The predicted molar refractivity (Wildman–Crippen MR) is 112 cm³/mol. The van der Waals surface area contributed by atoms with Crippen molar-refractivity contribution < 1.29 is 18.7 Å². The van der Waals surface area contributed by atoms with E-state index in [-0.39, 0.29) is 29.9 Å². The average Bonchev–Trinajstić information content (AvgIpc) is 3.22. The highest BCUT2D eigenvalue weighted by atomic mass is 19.1. The molecule has 0 radical (unpaired) electrons. The Morgan fingerprint density at radius 2 is 1.56 bits per heavy atom. The fourth-order valence-electron chi connectivity index (χ4n) is 5.89. The number of hydrogen-bond donors (Lipinski definition) is 1. The molecule has 1 aliphatic heterocycles. The average molecular weight is 435 g/mol. The first-order valence-corrected chi connectivity index (χ1v) is 10.4. The van der Waals surface area contributed by atoms with Crippen molar-refractivity contribution in [3.8, 4) is 5.75 Å². The number of aromatic hydroxyl groups is 1. The maximum atomic E-state index is 14.1. The number of carbonyl (C=O) groups excluding carboxylic acids is 1. The first kappa shape index (κ1) is 19.0. The molecule has 6 rings (SSSR count). The molecule has 0 fully saturated rings. The minimum absolute atomic E-state index is 0.0490. The second kappa shape index (κ2) is 6.18. The summed E-state index contributed by atoms with van der Waals surface area (Å²) in [6, 6.07) is 10.6. The highest BCUT2D eigenvalue weighted by Gasteiger charge is 2.58. The molecule has 0 unspecified atom stereocenters. The van der Waals surface area contributed by atoms with Crippen molar-refractivity contribution in [3.63, 3.8) is 0 Å². The van der Waals surface area contributed by atoms with Crippen LogP contribution in [0.25, 0.3) is 0 Å². The first-order valence-electron chi connectivity index (χ1n) is 10.4. The summed E-state index contributed by atoms with van der Waals surface area (Å²) in [6.45, 7) is 0.165. The number of pyridine rings is 1. The van der Waals surface area contributed by atoms with Gasteiger partial charge >= 0.3 is 0 Å². The summed E-state index contributed by atoms with van der Waals surface area (Å²) in [5, 5.41) is 12.4. The van der Waals surface area contributed by atoms with Crippen LogP contribution in [-0.4, -0.2) is 34.3 Å². The minimum atomic E-state index is -0.822. The molecule has 0 bridgehead atoms. The van der Waals surface area contributed by atoms with Gasteiger partial charge in [0.05, 0.1) is 0 Å². The third kappa shape index (κ3) is 2.21. The molecule has 3 aromatic rings. The first-order chi connectivity index (χ1) is 15.3. The molecule has 2 aliphatic carbocycles. The summed E-state index contributed by atoms with van der Waals surface area (Å²) < 4.78 is 29.8. The van der Waals surface area contributed by atoms with E-state index in [0.717, 1.165) is 22.3 Å². The highest BCUT2D eigenvalue weighted by molar-refractivity contribution is 5.96. The van der Waals surface area contributed by atoms with Gasteiger partial charge in [0.25, 0.3) is 5.91 Å². The van der Waals surface area contributed by atoms with Crippen molar-refractivity contribution in [2.45, 2.75) is 18.4 Å². The van der Waals surface area contributed by atoms with Gasteiger partial charge in [-0.25, -0.2) is 8.78 Å². The number of carbonyl (C=O) groups is 1. The molecular formula is C24H19F2N3O3. The SMILES string of the molecule is CN1CN(C23c4ccc(F)cc4CC2Cc2cc(F)ccc23)n2ccc(=O)c(O)c2C1=O. The van der Waals surface area contributed by atoms with E-state index in [9.17, 15) is 23.5 Å². The predicted octanol–water partition coefficient (Wildman–Crippen LogP) is 2.49. The summed E-state index contributed by atoms with van der Waals surface area (Å²) in [4.78, 5) is 26.5. The zero-order chi connectivity index (χ0) is 22.4. The molecule has 32 heavy (non-hydrogen) atoms. The Morgan fingerprint density at radius 1 is 0.969 bits per heavy atom. The molecule has 1 N–H and O–H groups in total. The Morgan fingerprint density at radius 3 is 2.16 bits per heavy atom. The standard InChI is InChI=1S/C24H19F2N3O3/c1-27-12-29(28-7-6-20(30)22(31)21(28)23(27)32)24-15(8-13-10-16(25)2-4-18(13)24)9-14-11-17(26)3-5-19(14)24/h2-7,10-11,15,31H,8-9,12H2,1H3. The van der Waals surface area contributed by atoms with Crippen LogP contribution in [0.1, 0.15) is 32.7 Å². The zero-order valence-electron chi connectivity index (χ0n) is 17.2. The Kier molecular flexibility index (Phi) is 3.68. The molecule has 2 aromatic carbocycles. The molecule has 0 saturated carbocycles. The van der Waals surface area contributed by atoms with Crippen LogP contribution in [0.15, 0.2) is 53.5 Å². The van der Waals surface area contributed by atoms with E-state index >= 15 is 0 Å². The van der Waals surface area contributed by atoms with Crippen molar-refractivity contribution in [2.75, 3.05) is 18.7 Å². The number of fused-ring (bicyclic) bond motifs is 6. The lowest BCUT2D eigenvalue weighted by Crippen LogP contribution is -2.62. The normalized spacial score (nSPS) is 23.1. The van der Waals surface area contributed by atoms with Crippen LogP contribution >= 0.6 is 0 Å². The Balaban J connectivity index is 1.70. The number of halogens is 2. The minimum Gasteiger partial charge on any atom is -0.502 e. The van der Waals surface area contributed by atoms with E-state index in [4.69, 9.17) is 0 Å². The number of hydrogen-bond acceptors (Lipinski definition) is 4. The Hall–Kier alpha value is -3.68. The van der Waals surface area contributed by atoms with Crippen LogP contribution in [0.4, 0.5) is 8.78 Å². The summed E-state index contributed by atoms with van der Waals surface area (Å²) in [6.07, 6.45) is 2.65. The fourth-order valence-corrected chi connectivity index (χ4v) is 5.89. The van der Waals surface area contributed by atoms with E-state index in [1.54, 1.807) is 19.2 Å². The van der Waals surface area contributed by atoms with E-state index in [0.29, 0.717) is 12.8 Å². The Bertz CT molecular complexity index is 1330. The monoisotopic (exact) mass is 435 g/mol. The van der Waals surface area contributed by atoms with Gasteiger partial charge in [0, 0.05) is 25.2 Å². The van der Waals surface area contributed by atoms with Crippen LogP contribution < -0.4 is 10.4 Å². The van der Waals surface area contributed by atoms with Crippen LogP contribution in [-0.2, 0) is 18.4 Å². The lowest BCUT2D eigenvalue weighted by atomic mass is 9.81. The van der Waals surface area contributed by atoms with Gasteiger partial charge in [-0.05, 0) is 59.4 Å². The van der Waals surface area contributed by atoms with E-state index in [2.05, 4.69) is 0 Å². The van der Waals surface area contributed by atoms with Crippen molar-refractivity contribution in [2.24, 2.45) is 5.92 Å². The van der Waals surface area contributed by atoms with Crippen LogP contribution in [0.3, 0.4) is 0 Å². The van der Waals surface area contributed by atoms with Gasteiger partial charge in [0.15, 0.2) is 11.4 Å². The van der Waals surface area contributed by atoms with Crippen molar-refractivity contribution >= 4 is 5.91 Å². The molecule has 2 heterocycles. The van der Waals surface area contributed by atoms with Gasteiger partial charge < -0.3 is 10.0 Å². The molecule has 0 atom stereocenters. The van der Waals surface area contributed by atoms with Crippen LogP contribution in [0, 0.1) is 17.6 Å². The van der Waals surface area contributed by atoms with Crippen molar-refractivity contribution in [1.82, 2.24) is 9.58 Å². The number of benzene rings is 2. The van der Waals surface area contributed by atoms with Crippen LogP contribution in [0.5, 0.6) is 5.75 Å². The topological polar surface area (TPSA) is 65.8 Å². The molecule has 8 heteroatoms. The van der Waals surface area contributed by atoms with E-state index in [1.807, 2.05) is 5.01 Å². The molecule has 1 amide bonds. The summed E-state index contributed by atoms with van der Waals surface area (Å²) in [5.74, 6) is -1.79. The number of aromatic nitrogens is 1. The van der Waals surface area contributed by atoms with Gasteiger partial charge in [0.2, 0.25) is 5.43 Å². The van der Waals surface area contributed by atoms with Crippen molar-refractivity contribution in [3.05, 3.63) is 98.5 Å². The van der Waals surface area contributed by atoms with E-state index < -0.39 is 22.6 Å². The third-order valence-electron chi connectivity index (χ3n) is 7.10. The lowest BCUT2D eigenvalue weighted by molar-refractivity contribution is 0.0697. The Labute approximate surface area is 181 Å². The largest absolute Gasteiger partial charge is 0.502 e. The van der Waals surface area contributed by atoms with Gasteiger partial charge in [0.1, 0.15) is 23.8 Å². The molecule has 1 aromatic heterocycles. The van der Waals surface area contributed by atoms with Gasteiger partial charge in [-0.2, -0.15) is 0 Å². The molecular weight excluding hydrogens is 416 g/mol. The summed E-state index contributed by atoms with van der Waals surface area (Å²) in [5.41, 5.74) is 1.88. The molecule has 162 valence electrons. The van der Waals surface area contributed by atoms with Gasteiger partial charge in [-0.3, -0.25) is 19.3 Å². The second-order valence-corrected chi connectivity index (χ2v) is 8.74. The molecule has 6 nitrogen and oxygen atoms in total. The zero-order valence-corrected chi connectivity index (χ0v) is 17.2. The number of rotatable bonds is 1. The molecule has 3 aliphatic rings.